The van der Waals surface area contributed by atoms with Gasteiger partial charge in [0.15, 0.2) is 0 Å². The van der Waals surface area contributed by atoms with E-state index in [1.54, 1.807) is 11.0 Å². The van der Waals surface area contributed by atoms with Crippen LogP contribution in [0.5, 0.6) is 0 Å². The van der Waals surface area contributed by atoms with Crippen LogP contribution in [0.25, 0.3) is 5.69 Å². The summed E-state index contributed by atoms with van der Waals surface area (Å²) in [5.74, 6) is 2.61. The van der Waals surface area contributed by atoms with E-state index in [9.17, 15) is 0 Å². The molecular weight excluding hydrogens is 212 g/mol. The van der Waals surface area contributed by atoms with Crippen molar-refractivity contribution >= 4 is 0 Å². The van der Waals surface area contributed by atoms with Crippen molar-refractivity contribution in [2.75, 3.05) is 0 Å². The summed E-state index contributed by atoms with van der Waals surface area (Å²) in [7, 11) is 0. The molecule has 0 saturated heterocycles. The zero-order valence-corrected chi connectivity index (χ0v) is 9.67. The van der Waals surface area contributed by atoms with E-state index in [0.717, 1.165) is 11.4 Å². The molecule has 1 aromatic heterocycles. The van der Waals surface area contributed by atoms with Crippen molar-refractivity contribution in [3.63, 3.8) is 0 Å². The molecule has 0 aliphatic heterocycles. The molecule has 0 fully saturated rings. The Morgan fingerprint density at radius 2 is 2.18 bits per heavy atom. The van der Waals surface area contributed by atoms with Gasteiger partial charge in [-0.2, -0.15) is 15.0 Å². The first kappa shape index (κ1) is 11.4. The second-order valence-electron chi connectivity index (χ2n) is 3.73. The quantitative estimate of drug-likeness (QED) is 0.801. The molecule has 1 atom stereocenters. The van der Waals surface area contributed by atoms with Crippen LogP contribution < -0.4 is 5.32 Å². The van der Waals surface area contributed by atoms with Crippen molar-refractivity contribution < 1.29 is 0 Å². The number of para-hydroxylation sites is 1. The Labute approximate surface area is 101 Å². The van der Waals surface area contributed by atoms with Gasteiger partial charge in [-0.15, -0.1) is 6.42 Å². The minimum absolute atomic E-state index is 0.0388. The smallest absolute Gasteiger partial charge is 0.0969 e. The Morgan fingerprint density at radius 1 is 1.41 bits per heavy atom. The van der Waals surface area contributed by atoms with E-state index in [1.807, 2.05) is 37.3 Å². The van der Waals surface area contributed by atoms with E-state index in [-0.39, 0.29) is 6.04 Å². The number of benzene rings is 1. The molecule has 0 aliphatic rings. The second-order valence-corrected chi connectivity index (χ2v) is 3.73. The maximum absolute atomic E-state index is 5.28. The number of nitrogens with one attached hydrogen (secondary N) is 1. The van der Waals surface area contributed by atoms with Crippen LogP contribution in [-0.2, 0) is 6.54 Å². The standard InChI is InChI=1S/C13H14N4/c1-3-11(2)14-9-12-10-15-17(16-12)13-7-5-4-6-8-13/h1,4-8,10-11,14H,9H2,2H3. The van der Waals surface area contributed by atoms with Crippen molar-refractivity contribution in [2.24, 2.45) is 0 Å². The van der Waals surface area contributed by atoms with Crippen LogP contribution in [0.1, 0.15) is 12.6 Å². The van der Waals surface area contributed by atoms with Crippen LogP contribution in [0.3, 0.4) is 0 Å². The predicted molar refractivity (Wildman–Crippen MR) is 66.5 cm³/mol. The van der Waals surface area contributed by atoms with E-state index >= 15 is 0 Å². The first-order chi connectivity index (χ1) is 8.29. The highest BCUT2D eigenvalue weighted by Crippen LogP contribution is 2.04. The van der Waals surface area contributed by atoms with Crippen LogP contribution in [0.2, 0.25) is 0 Å². The summed E-state index contributed by atoms with van der Waals surface area (Å²) >= 11 is 0. The van der Waals surface area contributed by atoms with Gasteiger partial charge in [-0.1, -0.05) is 24.1 Å². The Balaban J connectivity index is 2.05. The van der Waals surface area contributed by atoms with Crippen LogP contribution >= 0.6 is 0 Å². The van der Waals surface area contributed by atoms with E-state index in [4.69, 9.17) is 6.42 Å². The lowest BCUT2D eigenvalue weighted by atomic mass is 10.3. The summed E-state index contributed by atoms with van der Waals surface area (Å²) in [5.41, 5.74) is 1.82. The van der Waals surface area contributed by atoms with Gasteiger partial charge in [0.25, 0.3) is 0 Å². The highest BCUT2D eigenvalue weighted by molar-refractivity contribution is 5.28. The Kier molecular flexibility index (Phi) is 3.53. The molecule has 1 heterocycles. The minimum atomic E-state index is 0.0388. The van der Waals surface area contributed by atoms with E-state index in [0.29, 0.717) is 6.54 Å². The zero-order valence-electron chi connectivity index (χ0n) is 9.67. The molecular formula is C13H14N4. The Bertz CT molecular complexity index is 510. The molecule has 0 saturated carbocycles. The van der Waals surface area contributed by atoms with E-state index in [2.05, 4.69) is 21.4 Å². The molecule has 0 radical (unpaired) electrons. The Morgan fingerprint density at radius 3 is 2.88 bits per heavy atom. The lowest BCUT2D eigenvalue weighted by Crippen LogP contribution is -2.23. The van der Waals surface area contributed by atoms with Gasteiger partial charge in [0, 0.05) is 6.54 Å². The third-order valence-corrected chi connectivity index (χ3v) is 2.37. The van der Waals surface area contributed by atoms with Crippen molar-refractivity contribution in [3.05, 3.63) is 42.2 Å². The highest BCUT2D eigenvalue weighted by atomic mass is 15.5. The molecule has 0 aliphatic carbocycles. The van der Waals surface area contributed by atoms with Gasteiger partial charge in [0.05, 0.1) is 23.6 Å². The lowest BCUT2D eigenvalue weighted by molar-refractivity contribution is 0.628. The predicted octanol–water partition coefficient (Wildman–Crippen LogP) is 1.38. The molecule has 4 nitrogen and oxygen atoms in total. The van der Waals surface area contributed by atoms with Crippen molar-refractivity contribution in [3.8, 4) is 18.0 Å². The summed E-state index contributed by atoms with van der Waals surface area (Å²) in [6.07, 6.45) is 7.02. The fraction of sp³-hybridized carbons (Fsp3) is 0.231. The van der Waals surface area contributed by atoms with Crippen LogP contribution in [0.15, 0.2) is 36.5 Å². The number of terminal acetylenes is 1. The topological polar surface area (TPSA) is 42.7 Å². The van der Waals surface area contributed by atoms with Crippen LogP contribution in [0.4, 0.5) is 0 Å². The zero-order chi connectivity index (χ0) is 12.1. The third-order valence-electron chi connectivity index (χ3n) is 2.37. The fourth-order valence-corrected chi connectivity index (χ4v) is 1.38. The first-order valence-corrected chi connectivity index (χ1v) is 5.46. The average molecular weight is 226 g/mol. The molecule has 17 heavy (non-hydrogen) atoms. The average Bonchev–Trinajstić information content (AvgIpc) is 2.86. The minimum Gasteiger partial charge on any atom is -0.298 e. The monoisotopic (exact) mass is 226 g/mol. The van der Waals surface area contributed by atoms with Gasteiger partial charge in [-0.05, 0) is 19.1 Å². The summed E-state index contributed by atoms with van der Waals surface area (Å²) in [4.78, 5) is 1.61. The Hall–Kier alpha value is -2.12. The molecule has 1 unspecified atom stereocenters. The van der Waals surface area contributed by atoms with Crippen molar-refractivity contribution in [1.29, 1.82) is 0 Å². The third kappa shape index (κ3) is 2.92. The lowest BCUT2D eigenvalue weighted by Gasteiger charge is -2.03. The number of aromatic nitrogens is 3. The highest BCUT2D eigenvalue weighted by Gasteiger charge is 2.03. The maximum Gasteiger partial charge on any atom is 0.0969 e. The number of hydrogen-bond acceptors (Lipinski definition) is 3. The molecule has 86 valence electrons. The maximum atomic E-state index is 5.28. The molecule has 2 aromatic rings. The molecule has 0 bridgehead atoms. The molecule has 0 amide bonds. The molecule has 2 rings (SSSR count). The summed E-state index contributed by atoms with van der Waals surface area (Å²) in [5, 5.41) is 11.7. The summed E-state index contributed by atoms with van der Waals surface area (Å²) in [6, 6.07) is 9.83. The van der Waals surface area contributed by atoms with Crippen LogP contribution in [0, 0.1) is 12.3 Å². The van der Waals surface area contributed by atoms with E-state index < -0.39 is 0 Å². The van der Waals surface area contributed by atoms with Crippen LogP contribution in [-0.4, -0.2) is 21.0 Å². The van der Waals surface area contributed by atoms with Crippen molar-refractivity contribution in [2.45, 2.75) is 19.5 Å². The van der Waals surface area contributed by atoms with Gasteiger partial charge < -0.3 is 0 Å². The molecule has 1 N–H and O–H groups in total. The van der Waals surface area contributed by atoms with Gasteiger partial charge in [-0.3, -0.25) is 5.32 Å². The van der Waals surface area contributed by atoms with Gasteiger partial charge in [-0.25, -0.2) is 0 Å². The molecule has 0 spiro atoms. The SMILES string of the molecule is C#CC(C)NCc1cnn(-c2ccccc2)n1. The normalized spacial score (nSPS) is 12.0. The van der Waals surface area contributed by atoms with Gasteiger partial charge in [0.2, 0.25) is 0 Å². The summed E-state index contributed by atoms with van der Waals surface area (Å²) in [6.45, 7) is 2.56. The van der Waals surface area contributed by atoms with Crippen molar-refractivity contribution in [1.82, 2.24) is 20.3 Å². The summed E-state index contributed by atoms with van der Waals surface area (Å²) < 4.78 is 0. The molecule has 4 heteroatoms. The number of nitrogens with zero attached hydrogens (tertiary/aromatic N) is 3. The van der Waals surface area contributed by atoms with Gasteiger partial charge in [0.1, 0.15) is 0 Å². The van der Waals surface area contributed by atoms with E-state index in [1.165, 1.54) is 0 Å². The largest absolute Gasteiger partial charge is 0.298 e. The first-order valence-electron chi connectivity index (χ1n) is 5.46. The second kappa shape index (κ2) is 5.28. The fourth-order valence-electron chi connectivity index (χ4n) is 1.38. The number of rotatable bonds is 4. The number of hydrogen-bond donors (Lipinski definition) is 1. The molecule has 1 aromatic carbocycles. The van der Waals surface area contributed by atoms with Gasteiger partial charge >= 0.3 is 0 Å².